The van der Waals surface area contributed by atoms with Crippen molar-refractivity contribution in [1.29, 1.82) is 0 Å². The largest absolute Gasteiger partial charge is 0.384 e. The highest BCUT2D eigenvalue weighted by molar-refractivity contribution is 6.30. The number of piperidine rings is 1. The smallest absolute Gasteiger partial charge is 0.314 e. The van der Waals surface area contributed by atoms with Crippen molar-refractivity contribution in [3.8, 4) is 0 Å². The van der Waals surface area contributed by atoms with Crippen LogP contribution in [-0.4, -0.2) is 65.0 Å². The maximum absolute atomic E-state index is 13.5. The van der Waals surface area contributed by atoms with Crippen LogP contribution >= 0.6 is 11.6 Å². The molecule has 9 heteroatoms. The monoisotopic (exact) mass is 478 g/mol. The van der Waals surface area contributed by atoms with Gasteiger partial charge in [-0.1, -0.05) is 51.4 Å². The third kappa shape index (κ3) is 5.11. The normalized spacial score (nSPS) is 25.7. The van der Waals surface area contributed by atoms with Crippen LogP contribution in [0.1, 0.15) is 46.1 Å². The van der Waals surface area contributed by atoms with E-state index in [2.05, 4.69) is 5.32 Å². The van der Waals surface area contributed by atoms with Crippen LogP contribution in [0.3, 0.4) is 0 Å². The van der Waals surface area contributed by atoms with Gasteiger partial charge in [0.1, 0.15) is 6.04 Å². The second-order valence-corrected chi connectivity index (χ2v) is 10.7. The van der Waals surface area contributed by atoms with E-state index in [1.54, 1.807) is 17.0 Å². The highest BCUT2D eigenvalue weighted by atomic mass is 35.5. The summed E-state index contributed by atoms with van der Waals surface area (Å²) in [6.45, 7) is 9.12. The van der Waals surface area contributed by atoms with Gasteiger partial charge in [0.2, 0.25) is 11.8 Å². The highest BCUT2D eigenvalue weighted by Crippen LogP contribution is 2.46. The number of primary amides is 1. The van der Waals surface area contributed by atoms with E-state index in [0.717, 1.165) is 5.56 Å². The second-order valence-electron chi connectivity index (χ2n) is 10.3. The fourth-order valence-corrected chi connectivity index (χ4v) is 5.05. The minimum Gasteiger partial charge on any atom is -0.384 e. The molecule has 0 bridgehead atoms. The molecule has 182 valence electrons. The maximum Gasteiger partial charge on any atom is 0.314 e. The Hall–Kier alpha value is -2.32. The van der Waals surface area contributed by atoms with Gasteiger partial charge < -0.3 is 26.0 Å². The van der Waals surface area contributed by atoms with Crippen LogP contribution in [0.4, 0.5) is 4.79 Å². The number of nitrogens with one attached hydrogen (secondary N) is 1. The number of benzene rings is 1. The number of likely N-dealkylation sites (tertiary alicyclic amines) is 2. The number of nitrogens with zero attached hydrogens (tertiary/aromatic N) is 2. The topological polar surface area (TPSA) is 116 Å². The lowest BCUT2D eigenvalue weighted by molar-refractivity contribution is -0.157. The molecule has 4 amide bonds. The third-order valence-electron chi connectivity index (χ3n) is 7.18. The van der Waals surface area contributed by atoms with E-state index < -0.39 is 23.1 Å². The number of hydrogen-bond donors (Lipinski definition) is 3. The Morgan fingerprint density at radius 2 is 1.79 bits per heavy atom. The molecule has 0 saturated carbocycles. The fourth-order valence-electron chi connectivity index (χ4n) is 4.93. The second kappa shape index (κ2) is 9.50. The van der Waals surface area contributed by atoms with E-state index in [4.69, 9.17) is 17.3 Å². The SMILES string of the molecule is CC(C)[C@@H](NC(=O)[C@@H]1CCN(C(N)=O)C1)C(=O)N1CC[C@](O)(c2ccc(Cl)cc2)C(C)(C)C1. The Bertz CT molecular complexity index is 904. The number of aliphatic hydroxyl groups is 1. The Morgan fingerprint density at radius 1 is 1.15 bits per heavy atom. The molecule has 2 aliphatic rings. The van der Waals surface area contributed by atoms with E-state index in [9.17, 15) is 19.5 Å². The van der Waals surface area contributed by atoms with Crippen molar-refractivity contribution in [3.63, 3.8) is 0 Å². The summed E-state index contributed by atoms with van der Waals surface area (Å²) in [5, 5.41) is 15.1. The molecule has 1 aromatic carbocycles. The van der Waals surface area contributed by atoms with Gasteiger partial charge in [0.05, 0.1) is 11.5 Å². The summed E-state index contributed by atoms with van der Waals surface area (Å²) in [7, 11) is 0. The molecule has 0 aromatic heterocycles. The van der Waals surface area contributed by atoms with Crippen LogP contribution in [0.2, 0.25) is 5.02 Å². The summed E-state index contributed by atoms with van der Waals surface area (Å²) in [6.07, 6.45) is 0.904. The molecule has 3 rings (SSSR count). The average molecular weight is 479 g/mol. The van der Waals surface area contributed by atoms with E-state index in [-0.39, 0.29) is 30.2 Å². The van der Waals surface area contributed by atoms with Gasteiger partial charge in [0, 0.05) is 36.6 Å². The van der Waals surface area contributed by atoms with Crippen molar-refractivity contribution in [2.24, 2.45) is 23.0 Å². The zero-order valence-corrected chi connectivity index (χ0v) is 20.6. The number of nitrogens with two attached hydrogens (primary N) is 1. The maximum atomic E-state index is 13.5. The zero-order valence-electron chi connectivity index (χ0n) is 19.8. The first kappa shape index (κ1) is 25.3. The molecule has 2 heterocycles. The summed E-state index contributed by atoms with van der Waals surface area (Å²) in [5.74, 6) is -0.885. The molecular formula is C24H35ClN4O4. The molecule has 4 N–H and O–H groups in total. The lowest BCUT2D eigenvalue weighted by Gasteiger charge is -2.51. The molecule has 2 saturated heterocycles. The van der Waals surface area contributed by atoms with Crippen LogP contribution in [0, 0.1) is 17.3 Å². The Kier molecular flexibility index (Phi) is 7.29. The van der Waals surface area contributed by atoms with Gasteiger partial charge in [-0.15, -0.1) is 0 Å². The Morgan fingerprint density at radius 3 is 2.30 bits per heavy atom. The van der Waals surface area contributed by atoms with Crippen molar-refractivity contribution in [2.75, 3.05) is 26.2 Å². The summed E-state index contributed by atoms with van der Waals surface area (Å²) < 4.78 is 0. The summed E-state index contributed by atoms with van der Waals surface area (Å²) >= 11 is 6.01. The Balaban J connectivity index is 1.70. The molecule has 3 atom stereocenters. The van der Waals surface area contributed by atoms with E-state index in [0.29, 0.717) is 37.5 Å². The summed E-state index contributed by atoms with van der Waals surface area (Å²) in [6, 6.07) is 5.96. The van der Waals surface area contributed by atoms with E-state index >= 15 is 0 Å². The number of amides is 4. The van der Waals surface area contributed by atoms with Crippen LogP contribution in [0.15, 0.2) is 24.3 Å². The van der Waals surface area contributed by atoms with Crippen molar-refractivity contribution in [1.82, 2.24) is 15.1 Å². The number of halogens is 1. The quantitative estimate of drug-likeness (QED) is 0.602. The van der Waals surface area contributed by atoms with Gasteiger partial charge in [-0.3, -0.25) is 9.59 Å². The molecule has 1 aromatic rings. The average Bonchev–Trinajstić information content (AvgIpc) is 3.24. The first-order valence-electron chi connectivity index (χ1n) is 11.5. The van der Waals surface area contributed by atoms with Gasteiger partial charge in [-0.25, -0.2) is 4.79 Å². The number of carbonyl (C=O) groups is 3. The van der Waals surface area contributed by atoms with Gasteiger partial charge in [0.15, 0.2) is 0 Å². The number of rotatable bonds is 5. The molecule has 2 fully saturated rings. The van der Waals surface area contributed by atoms with Gasteiger partial charge in [-0.05, 0) is 36.5 Å². The third-order valence-corrected chi connectivity index (χ3v) is 7.44. The predicted molar refractivity (Wildman–Crippen MR) is 126 cm³/mol. The number of carbonyl (C=O) groups excluding carboxylic acids is 3. The molecule has 0 aliphatic carbocycles. The van der Waals surface area contributed by atoms with Crippen molar-refractivity contribution in [3.05, 3.63) is 34.9 Å². The van der Waals surface area contributed by atoms with Gasteiger partial charge in [0.25, 0.3) is 0 Å². The minimum atomic E-state index is -1.10. The first-order chi connectivity index (χ1) is 15.4. The fraction of sp³-hybridized carbons (Fsp3) is 0.625. The molecule has 0 radical (unpaired) electrons. The standard InChI is InChI=1S/C24H35ClN4O4/c1-15(2)19(27-20(30)16-9-11-28(13-16)22(26)32)21(31)29-12-10-24(33,23(3,4)14-29)17-5-7-18(25)8-6-17/h5-8,15-16,19,33H,9-14H2,1-4H3,(H2,26,32)(H,27,30)/t16-,19-,24+/m1/s1. The zero-order chi connectivity index (χ0) is 24.6. The lowest BCUT2D eigenvalue weighted by Crippen LogP contribution is -2.60. The highest BCUT2D eigenvalue weighted by Gasteiger charge is 2.50. The van der Waals surface area contributed by atoms with Gasteiger partial charge >= 0.3 is 6.03 Å². The van der Waals surface area contributed by atoms with Crippen LogP contribution in [-0.2, 0) is 15.2 Å². The molecular weight excluding hydrogens is 444 g/mol. The number of hydrogen-bond acceptors (Lipinski definition) is 4. The number of urea groups is 1. The minimum absolute atomic E-state index is 0.115. The van der Waals surface area contributed by atoms with Crippen molar-refractivity contribution < 1.29 is 19.5 Å². The predicted octanol–water partition coefficient (Wildman–Crippen LogP) is 2.33. The van der Waals surface area contributed by atoms with Crippen LogP contribution in [0.25, 0.3) is 0 Å². The molecule has 33 heavy (non-hydrogen) atoms. The van der Waals surface area contributed by atoms with Crippen molar-refractivity contribution >= 4 is 29.4 Å². The molecule has 8 nitrogen and oxygen atoms in total. The summed E-state index contributed by atoms with van der Waals surface area (Å²) in [5.41, 5.74) is 4.37. The van der Waals surface area contributed by atoms with E-state index in [1.807, 2.05) is 39.8 Å². The Labute approximate surface area is 200 Å². The van der Waals surface area contributed by atoms with Crippen LogP contribution in [0.5, 0.6) is 0 Å². The molecule has 0 spiro atoms. The molecule has 0 unspecified atom stereocenters. The lowest BCUT2D eigenvalue weighted by atomic mass is 9.66. The van der Waals surface area contributed by atoms with Crippen LogP contribution < -0.4 is 11.1 Å². The van der Waals surface area contributed by atoms with Crippen molar-refractivity contribution in [2.45, 2.75) is 52.2 Å². The first-order valence-corrected chi connectivity index (χ1v) is 11.9. The van der Waals surface area contributed by atoms with E-state index in [1.165, 1.54) is 4.90 Å². The molecule has 2 aliphatic heterocycles. The summed E-state index contributed by atoms with van der Waals surface area (Å²) in [4.78, 5) is 40.9. The van der Waals surface area contributed by atoms with Gasteiger partial charge in [-0.2, -0.15) is 0 Å².